The average molecular weight is 473 g/mol. The zero-order valence-electron chi connectivity index (χ0n) is 23.2. The molecule has 0 aliphatic heterocycles. The molecule has 0 aromatic rings. The van der Waals surface area contributed by atoms with Crippen molar-refractivity contribution in [3.8, 4) is 0 Å². The van der Waals surface area contributed by atoms with Crippen molar-refractivity contribution in [1.29, 1.82) is 0 Å². The SMILES string of the molecule is C/C(=C\CCC(C)C1CCC2C3CCC4CCCCC4(C)C3CCC12C)CF.C=C(C)C(C)=O. The quantitative estimate of drug-likeness (QED) is 0.278. The van der Waals surface area contributed by atoms with Crippen LogP contribution in [-0.4, -0.2) is 12.5 Å². The molecule has 194 valence electrons. The first-order valence-corrected chi connectivity index (χ1v) is 14.4. The number of carbonyl (C=O) groups is 1. The van der Waals surface area contributed by atoms with Crippen LogP contribution in [-0.2, 0) is 4.79 Å². The van der Waals surface area contributed by atoms with Crippen LogP contribution in [0, 0.1) is 46.3 Å². The van der Waals surface area contributed by atoms with Crippen molar-refractivity contribution in [3.05, 3.63) is 23.8 Å². The lowest BCUT2D eigenvalue weighted by Gasteiger charge is -2.61. The summed E-state index contributed by atoms with van der Waals surface area (Å²) in [6.45, 7) is 16.1. The molecule has 0 heterocycles. The molecule has 4 saturated carbocycles. The van der Waals surface area contributed by atoms with Crippen molar-refractivity contribution in [2.24, 2.45) is 46.3 Å². The molecular formula is C32H53FO. The van der Waals surface area contributed by atoms with E-state index in [0.29, 0.717) is 16.4 Å². The van der Waals surface area contributed by atoms with Crippen LogP contribution >= 0.6 is 0 Å². The second-order valence-electron chi connectivity index (χ2n) is 13.2. The van der Waals surface area contributed by atoms with E-state index < -0.39 is 0 Å². The zero-order chi connectivity index (χ0) is 25.1. The summed E-state index contributed by atoms with van der Waals surface area (Å²) < 4.78 is 12.7. The third-order valence-corrected chi connectivity index (χ3v) is 11.3. The van der Waals surface area contributed by atoms with E-state index in [2.05, 4.69) is 33.4 Å². The third-order valence-electron chi connectivity index (χ3n) is 11.3. The molecule has 0 aromatic carbocycles. The highest BCUT2D eigenvalue weighted by molar-refractivity contribution is 5.91. The molecule has 8 unspecified atom stereocenters. The number of ketones is 1. The van der Waals surface area contributed by atoms with E-state index in [9.17, 15) is 9.18 Å². The number of fused-ring (bicyclic) bond motifs is 5. The Kier molecular flexibility index (Phi) is 9.30. The normalized spacial score (nSPS) is 40.2. The number of hydrogen-bond acceptors (Lipinski definition) is 1. The van der Waals surface area contributed by atoms with Crippen molar-refractivity contribution in [1.82, 2.24) is 0 Å². The van der Waals surface area contributed by atoms with Gasteiger partial charge in [-0.15, -0.1) is 0 Å². The number of Topliss-reactive ketones (excluding diaryl/α,β-unsaturated/α-hetero) is 1. The van der Waals surface area contributed by atoms with Gasteiger partial charge < -0.3 is 0 Å². The highest BCUT2D eigenvalue weighted by atomic mass is 19.1. The van der Waals surface area contributed by atoms with Crippen LogP contribution in [0.4, 0.5) is 4.39 Å². The Morgan fingerprint density at radius 3 is 2.29 bits per heavy atom. The molecule has 0 aromatic heterocycles. The van der Waals surface area contributed by atoms with Crippen molar-refractivity contribution >= 4 is 5.78 Å². The zero-order valence-corrected chi connectivity index (χ0v) is 23.2. The second kappa shape index (κ2) is 11.4. The fourth-order valence-electron chi connectivity index (χ4n) is 9.12. The van der Waals surface area contributed by atoms with Crippen LogP contribution in [0.25, 0.3) is 0 Å². The molecule has 0 saturated heterocycles. The van der Waals surface area contributed by atoms with E-state index >= 15 is 0 Å². The molecule has 2 heteroatoms. The minimum atomic E-state index is -0.277. The fourth-order valence-corrected chi connectivity index (χ4v) is 9.12. The molecule has 4 fully saturated rings. The molecule has 0 amide bonds. The van der Waals surface area contributed by atoms with Gasteiger partial charge in [0.25, 0.3) is 0 Å². The lowest BCUT2D eigenvalue weighted by atomic mass is 9.44. The van der Waals surface area contributed by atoms with Gasteiger partial charge in [-0.05, 0) is 142 Å². The number of allylic oxidation sites excluding steroid dienone is 3. The summed E-state index contributed by atoms with van der Waals surface area (Å²) in [6, 6.07) is 0. The third kappa shape index (κ3) is 5.57. The van der Waals surface area contributed by atoms with Gasteiger partial charge in [0.15, 0.2) is 5.78 Å². The van der Waals surface area contributed by atoms with Crippen LogP contribution in [0.2, 0.25) is 0 Å². The predicted molar refractivity (Wildman–Crippen MR) is 143 cm³/mol. The van der Waals surface area contributed by atoms with Gasteiger partial charge in [0.2, 0.25) is 0 Å². The summed E-state index contributed by atoms with van der Waals surface area (Å²) in [5.74, 6) is 5.81. The molecular weight excluding hydrogens is 419 g/mol. The van der Waals surface area contributed by atoms with Gasteiger partial charge in [0, 0.05) is 0 Å². The standard InChI is InChI=1S/C27H45F.C5H8O/c1-19(18-28)8-7-9-20(2)23-13-14-24-22-12-11-21-10-5-6-16-26(21,3)25(22)15-17-27(23,24)4;1-4(2)5(3)6/h8,20-25H,5-7,9-18H2,1-4H3;1H2,2-3H3/b19-8+;. The van der Waals surface area contributed by atoms with Crippen LogP contribution in [0.15, 0.2) is 23.8 Å². The van der Waals surface area contributed by atoms with Gasteiger partial charge >= 0.3 is 0 Å². The van der Waals surface area contributed by atoms with E-state index in [-0.39, 0.29) is 12.5 Å². The molecule has 34 heavy (non-hydrogen) atoms. The molecule has 0 spiro atoms. The summed E-state index contributed by atoms with van der Waals surface area (Å²) in [4.78, 5) is 10.0. The molecule has 8 atom stereocenters. The van der Waals surface area contributed by atoms with Gasteiger partial charge in [0.05, 0.1) is 0 Å². The Morgan fingerprint density at radius 1 is 0.971 bits per heavy atom. The van der Waals surface area contributed by atoms with E-state index in [0.717, 1.165) is 47.5 Å². The summed E-state index contributed by atoms with van der Waals surface area (Å²) in [6.07, 6.45) is 19.5. The Hall–Kier alpha value is -0.920. The lowest BCUT2D eigenvalue weighted by molar-refractivity contribution is -0.114. The summed E-state index contributed by atoms with van der Waals surface area (Å²) in [5.41, 5.74) is 2.79. The Balaban J connectivity index is 0.000000481. The molecule has 4 aliphatic carbocycles. The largest absolute Gasteiger partial charge is 0.295 e. The van der Waals surface area contributed by atoms with E-state index in [1.807, 2.05) is 6.92 Å². The second-order valence-corrected chi connectivity index (χ2v) is 13.2. The summed E-state index contributed by atoms with van der Waals surface area (Å²) >= 11 is 0. The van der Waals surface area contributed by atoms with Crippen molar-refractivity contribution < 1.29 is 9.18 Å². The molecule has 4 aliphatic rings. The average Bonchev–Trinajstić information content (AvgIpc) is 3.16. The van der Waals surface area contributed by atoms with Crippen molar-refractivity contribution in [2.75, 3.05) is 6.67 Å². The van der Waals surface area contributed by atoms with Gasteiger partial charge in [-0.25, -0.2) is 4.39 Å². The number of carbonyl (C=O) groups excluding carboxylic acids is 1. The van der Waals surface area contributed by atoms with Crippen LogP contribution in [0.1, 0.15) is 119 Å². The predicted octanol–water partition coefficient (Wildman–Crippen LogP) is 9.52. The Morgan fingerprint density at radius 2 is 1.65 bits per heavy atom. The first-order chi connectivity index (χ1) is 16.0. The smallest absolute Gasteiger partial charge is 0.154 e. The van der Waals surface area contributed by atoms with Crippen molar-refractivity contribution in [2.45, 2.75) is 119 Å². The van der Waals surface area contributed by atoms with E-state index in [4.69, 9.17) is 0 Å². The maximum absolute atomic E-state index is 12.7. The van der Waals surface area contributed by atoms with Gasteiger partial charge in [0.1, 0.15) is 6.67 Å². The molecule has 1 nitrogen and oxygen atoms in total. The monoisotopic (exact) mass is 472 g/mol. The summed E-state index contributed by atoms with van der Waals surface area (Å²) in [5, 5.41) is 0. The first kappa shape index (κ1) is 27.7. The maximum Gasteiger partial charge on any atom is 0.154 e. The minimum absolute atomic E-state index is 0.0648. The summed E-state index contributed by atoms with van der Waals surface area (Å²) in [7, 11) is 0. The highest BCUT2D eigenvalue weighted by Gasteiger charge is 2.59. The number of rotatable bonds is 6. The molecule has 0 bridgehead atoms. The van der Waals surface area contributed by atoms with Crippen molar-refractivity contribution in [3.63, 3.8) is 0 Å². The topological polar surface area (TPSA) is 17.1 Å². The first-order valence-electron chi connectivity index (χ1n) is 14.4. The Labute approximate surface area is 210 Å². The van der Waals surface area contributed by atoms with Gasteiger partial charge in [-0.1, -0.05) is 46.3 Å². The molecule has 0 radical (unpaired) electrons. The molecule has 4 rings (SSSR count). The van der Waals surface area contributed by atoms with E-state index in [1.54, 1.807) is 6.92 Å². The maximum atomic E-state index is 12.7. The molecule has 0 N–H and O–H groups in total. The van der Waals surface area contributed by atoms with Gasteiger partial charge in [-0.2, -0.15) is 0 Å². The number of hydrogen-bond donors (Lipinski definition) is 0. The number of alkyl halides is 1. The van der Waals surface area contributed by atoms with Crippen LogP contribution < -0.4 is 0 Å². The van der Waals surface area contributed by atoms with E-state index in [1.165, 1.54) is 77.6 Å². The highest BCUT2D eigenvalue weighted by Crippen LogP contribution is 2.68. The Bertz CT molecular complexity index is 740. The lowest BCUT2D eigenvalue weighted by Crippen LogP contribution is -2.53. The van der Waals surface area contributed by atoms with Crippen LogP contribution in [0.3, 0.4) is 0 Å². The fraction of sp³-hybridized carbons (Fsp3) is 0.844. The van der Waals surface area contributed by atoms with Gasteiger partial charge in [-0.3, -0.25) is 4.79 Å². The van der Waals surface area contributed by atoms with Crippen LogP contribution in [0.5, 0.6) is 0 Å². The minimum Gasteiger partial charge on any atom is -0.295 e. The number of halogens is 1.